The lowest BCUT2D eigenvalue weighted by Crippen LogP contribution is -2.25. The molecule has 0 saturated carbocycles. The van der Waals surface area contributed by atoms with E-state index in [9.17, 15) is 8.42 Å². The Labute approximate surface area is 145 Å². The van der Waals surface area contributed by atoms with Crippen molar-refractivity contribution >= 4 is 27.1 Å². The SMILES string of the molecule is COc1ccc([C@H]2CC(c3cccs3)=NN2S(C)(=O)=O)cc1OC. The molecule has 0 fully saturated rings. The molecule has 6 nitrogen and oxygen atoms in total. The van der Waals surface area contributed by atoms with Crippen molar-refractivity contribution in [2.75, 3.05) is 20.5 Å². The van der Waals surface area contributed by atoms with Crippen LogP contribution in [0.2, 0.25) is 0 Å². The molecule has 2 heterocycles. The average molecular weight is 366 g/mol. The number of thiophene rings is 1. The third-order valence-corrected chi connectivity index (χ3v) is 5.74. The molecule has 0 N–H and O–H groups in total. The first kappa shape index (κ1) is 16.8. The van der Waals surface area contributed by atoms with Gasteiger partial charge in [0.15, 0.2) is 11.5 Å². The monoisotopic (exact) mass is 366 g/mol. The summed E-state index contributed by atoms with van der Waals surface area (Å²) in [6.45, 7) is 0. The number of methoxy groups -OCH3 is 2. The fourth-order valence-corrected chi connectivity index (χ4v) is 4.32. The van der Waals surface area contributed by atoms with E-state index in [4.69, 9.17) is 9.47 Å². The molecule has 0 bridgehead atoms. The molecular weight excluding hydrogens is 348 g/mol. The quantitative estimate of drug-likeness (QED) is 0.816. The van der Waals surface area contributed by atoms with Crippen LogP contribution in [0.25, 0.3) is 0 Å². The molecule has 0 saturated heterocycles. The Morgan fingerprint density at radius 1 is 1.21 bits per heavy atom. The zero-order valence-corrected chi connectivity index (χ0v) is 15.2. The van der Waals surface area contributed by atoms with Crippen LogP contribution in [0.4, 0.5) is 0 Å². The Morgan fingerprint density at radius 3 is 2.54 bits per heavy atom. The number of hydrazone groups is 1. The largest absolute Gasteiger partial charge is 0.493 e. The Hall–Kier alpha value is -2.06. The fourth-order valence-electron chi connectivity index (χ4n) is 2.69. The first-order valence-corrected chi connectivity index (χ1v) is 9.99. The zero-order valence-electron chi connectivity index (χ0n) is 13.6. The van der Waals surface area contributed by atoms with E-state index in [1.807, 2.05) is 23.6 Å². The second kappa shape index (κ2) is 6.45. The average Bonchev–Trinajstić information content (AvgIpc) is 3.22. The van der Waals surface area contributed by atoms with Gasteiger partial charge >= 0.3 is 0 Å². The molecule has 2 aromatic rings. The molecule has 1 atom stereocenters. The Balaban J connectivity index is 2.01. The molecule has 0 radical (unpaired) electrons. The summed E-state index contributed by atoms with van der Waals surface area (Å²) in [7, 11) is -0.364. The lowest BCUT2D eigenvalue weighted by atomic mass is 10.0. The molecule has 0 spiro atoms. The van der Waals surface area contributed by atoms with Crippen LogP contribution < -0.4 is 9.47 Å². The number of rotatable bonds is 5. The minimum atomic E-state index is -3.48. The van der Waals surface area contributed by atoms with Gasteiger partial charge in [-0.3, -0.25) is 0 Å². The van der Waals surface area contributed by atoms with Gasteiger partial charge in [0.1, 0.15) is 0 Å². The van der Waals surface area contributed by atoms with Crippen LogP contribution in [0.3, 0.4) is 0 Å². The second-order valence-corrected chi connectivity index (χ2v) is 8.18. The van der Waals surface area contributed by atoms with Crippen LogP contribution in [0, 0.1) is 0 Å². The normalized spacial score (nSPS) is 17.7. The van der Waals surface area contributed by atoms with Crippen LogP contribution in [-0.4, -0.2) is 39.0 Å². The summed E-state index contributed by atoms with van der Waals surface area (Å²) in [6.07, 6.45) is 1.69. The van der Waals surface area contributed by atoms with Gasteiger partial charge in [-0.25, -0.2) is 8.42 Å². The smallest absolute Gasteiger partial charge is 0.247 e. The Kier molecular flexibility index (Phi) is 4.51. The van der Waals surface area contributed by atoms with Crippen LogP contribution in [0.5, 0.6) is 11.5 Å². The summed E-state index contributed by atoms with van der Waals surface area (Å²) >= 11 is 1.55. The van der Waals surface area contributed by atoms with Gasteiger partial charge in [0.2, 0.25) is 10.0 Å². The fraction of sp³-hybridized carbons (Fsp3) is 0.312. The van der Waals surface area contributed by atoms with Crippen molar-refractivity contribution in [2.45, 2.75) is 12.5 Å². The van der Waals surface area contributed by atoms with Gasteiger partial charge in [0.25, 0.3) is 0 Å². The summed E-state index contributed by atoms with van der Waals surface area (Å²) in [4.78, 5) is 0.978. The maximum atomic E-state index is 12.2. The molecule has 1 aliphatic rings. The topological polar surface area (TPSA) is 68.2 Å². The number of nitrogens with zero attached hydrogens (tertiary/aromatic N) is 2. The second-order valence-electron chi connectivity index (χ2n) is 5.39. The highest BCUT2D eigenvalue weighted by Gasteiger charge is 2.35. The number of ether oxygens (including phenoxy) is 2. The molecule has 1 aromatic heterocycles. The van der Waals surface area contributed by atoms with E-state index in [1.165, 1.54) is 10.7 Å². The zero-order chi connectivity index (χ0) is 17.3. The van der Waals surface area contributed by atoms with E-state index in [-0.39, 0.29) is 0 Å². The highest BCUT2D eigenvalue weighted by atomic mass is 32.2. The van der Waals surface area contributed by atoms with Gasteiger partial charge in [-0.05, 0) is 29.1 Å². The van der Waals surface area contributed by atoms with Crippen molar-refractivity contribution in [3.8, 4) is 11.5 Å². The Bertz CT molecular complexity index is 860. The first-order chi connectivity index (χ1) is 11.4. The highest BCUT2D eigenvalue weighted by Crippen LogP contribution is 2.38. The van der Waals surface area contributed by atoms with E-state index >= 15 is 0 Å². The predicted molar refractivity (Wildman–Crippen MR) is 94.4 cm³/mol. The van der Waals surface area contributed by atoms with Gasteiger partial charge in [0.05, 0.1) is 37.1 Å². The van der Waals surface area contributed by atoms with Crippen LogP contribution in [0.1, 0.15) is 22.9 Å². The molecule has 128 valence electrons. The minimum absolute atomic E-state index is 0.392. The lowest BCUT2D eigenvalue weighted by molar-refractivity contribution is 0.349. The molecule has 24 heavy (non-hydrogen) atoms. The van der Waals surface area contributed by atoms with E-state index in [1.54, 1.807) is 37.7 Å². The third-order valence-electron chi connectivity index (χ3n) is 3.81. The lowest BCUT2D eigenvalue weighted by Gasteiger charge is -2.22. The predicted octanol–water partition coefficient (Wildman–Crippen LogP) is 2.88. The van der Waals surface area contributed by atoms with Crippen molar-refractivity contribution in [1.82, 2.24) is 4.41 Å². The molecule has 0 aliphatic carbocycles. The van der Waals surface area contributed by atoms with E-state index in [2.05, 4.69) is 5.10 Å². The summed E-state index contributed by atoms with van der Waals surface area (Å²) in [5, 5.41) is 6.31. The molecule has 0 unspecified atom stereocenters. The summed E-state index contributed by atoms with van der Waals surface area (Å²) in [5.41, 5.74) is 1.59. The van der Waals surface area contributed by atoms with Gasteiger partial charge in [-0.2, -0.15) is 9.52 Å². The summed E-state index contributed by atoms with van der Waals surface area (Å²) in [6, 6.07) is 8.90. The van der Waals surface area contributed by atoms with Crippen molar-refractivity contribution in [1.29, 1.82) is 0 Å². The summed E-state index contributed by atoms with van der Waals surface area (Å²) < 4.78 is 36.1. The molecule has 1 aromatic carbocycles. The van der Waals surface area contributed by atoms with Crippen LogP contribution in [0.15, 0.2) is 40.8 Å². The molecule has 3 rings (SSSR count). The maximum Gasteiger partial charge on any atom is 0.247 e. The standard InChI is InChI=1S/C16H18N2O4S2/c1-21-14-7-6-11(9-15(14)22-2)13-10-12(16-5-4-8-23-16)17-18(13)24(3,19)20/h4-9,13H,10H2,1-3H3/t13-/m1/s1. The van der Waals surface area contributed by atoms with E-state index in [0.29, 0.717) is 17.9 Å². The van der Waals surface area contributed by atoms with E-state index < -0.39 is 16.1 Å². The number of benzene rings is 1. The molecule has 8 heteroatoms. The van der Waals surface area contributed by atoms with Crippen LogP contribution >= 0.6 is 11.3 Å². The maximum absolute atomic E-state index is 12.2. The number of hydrogen-bond acceptors (Lipinski definition) is 6. The van der Waals surface area contributed by atoms with Crippen molar-refractivity contribution in [3.63, 3.8) is 0 Å². The van der Waals surface area contributed by atoms with Gasteiger partial charge < -0.3 is 9.47 Å². The summed E-state index contributed by atoms with van der Waals surface area (Å²) in [5.74, 6) is 1.16. The first-order valence-electron chi connectivity index (χ1n) is 7.26. The van der Waals surface area contributed by atoms with E-state index in [0.717, 1.165) is 16.2 Å². The van der Waals surface area contributed by atoms with Gasteiger partial charge in [0, 0.05) is 6.42 Å². The Morgan fingerprint density at radius 2 is 1.96 bits per heavy atom. The van der Waals surface area contributed by atoms with Gasteiger partial charge in [-0.1, -0.05) is 12.1 Å². The highest BCUT2D eigenvalue weighted by molar-refractivity contribution is 7.88. The number of sulfonamides is 1. The van der Waals surface area contributed by atoms with Crippen molar-refractivity contribution in [2.24, 2.45) is 5.10 Å². The van der Waals surface area contributed by atoms with Crippen LogP contribution in [-0.2, 0) is 10.0 Å². The third kappa shape index (κ3) is 3.11. The number of hydrogen-bond donors (Lipinski definition) is 0. The molecule has 1 aliphatic heterocycles. The molecule has 0 amide bonds. The van der Waals surface area contributed by atoms with Crippen molar-refractivity contribution < 1.29 is 17.9 Å². The molecular formula is C16H18N2O4S2. The van der Waals surface area contributed by atoms with Gasteiger partial charge in [-0.15, -0.1) is 11.3 Å². The minimum Gasteiger partial charge on any atom is -0.493 e. The van der Waals surface area contributed by atoms with Crippen molar-refractivity contribution in [3.05, 3.63) is 46.2 Å².